The normalized spacial score (nSPS) is 16.3. The lowest BCUT2D eigenvalue weighted by atomic mass is 9.97. The lowest BCUT2D eigenvalue weighted by Gasteiger charge is -2.32. The molecule has 0 unspecified atom stereocenters. The molecule has 1 amide bonds. The van der Waals surface area contributed by atoms with Gasteiger partial charge in [0.05, 0.1) is 5.92 Å². The van der Waals surface area contributed by atoms with E-state index in [2.05, 4.69) is 41.3 Å². The third kappa shape index (κ3) is 5.58. The number of nitrogens with zero attached hydrogens (tertiary/aromatic N) is 4. The highest BCUT2D eigenvalue weighted by Crippen LogP contribution is 2.28. The number of rotatable bonds is 6. The summed E-state index contributed by atoms with van der Waals surface area (Å²) in [5.41, 5.74) is 1.05. The molecular formula is C22H22BrN5OS. The van der Waals surface area contributed by atoms with Crippen LogP contribution in [0.25, 0.3) is 0 Å². The topological polar surface area (TPSA) is 71.0 Å². The Bertz CT molecular complexity index is 969. The number of anilines is 1. The van der Waals surface area contributed by atoms with Crippen molar-refractivity contribution in [3.63, 3.8) is 0 Å². The molecule has 2 aromatic heterocycles. The van der Waals surface area contributed by atoms with Crippen LogP contribution >= 0.6 is 27.7 Å². The molecule has 8 heteroatoms. The number of carbonyl (C=O) groups is 1. The predicted molar refractivity (Wildman–Crippen MR) is 121 cm³/mol. The van der Waals surface area contributed by atoms with Gasteiger partial charge in [0.15, 0.2) is 5.82 Å². The summed E-state index contributed by atoms with van der Waals surface area (Å²) in [4.78, 5) is 19.9. The van der Waals surface area contributed by atoms with Gasteiger partial charge in [0.1, 0.15) is 5.03 Å². The van der Waals surface area contributed by atoms with Gasteiger partial charge in [0, 0.05) is 41.4 Å². The molecule has 154 valence electrons. The molecule has 0 bridgehead atoms. The summed E-state index contributed by atoms with van der Waals surface area (Å²) in [6.07, 6.45) is 5.33. The number of piperidine rings is 1. The average Bonchev–Trinajstić information content (AvgIpc) is 2.80. The quantitative estimate of drug-likeness (QED) is 0.562. The molecule has 30 heavy (non-hydrogen) atoms. The van der Waals surface area contributed by atoms with Crippen molar-refractivity contribution in [2.75, 3.05) is 18.0 Å². The van der Waals surface area contributed by atoms with Gasteiger partial charge in [-0.25, -0.2) is 0 Å². The monoisotopic (exact) mass is 483 g/mol. The van der Waals surface area contributed by atoms with Crippen LogP contribution in [0.2, 0.25) is 0 Å². The first-order valence-electron chi connectivity index (χ1n) is 9.86. The highest BCUT2D eigenvalue weighted by Gasteiger charge is 2.26. The molecule has 3 heterocycles. The minimum absolute atomic E-state index is 0.0424. The first-order valence-corrected chi connectivity index (χ1v) is 11.5. The number of pyridine rings is 1. The first-order chi connectivity index (χ1) is 14.7. The summed E-state index contributed by atoms with van der Waals surface area (Å²) in [7, 11) is 0. The van der Waals surface area contributed by atoms with Gasteiger partial charge in [-0.05, 0) is 66.9 Å². The zero-order valence-corrected chi connectivity index (χ0v) is 18.8. The zero-order chi connectivity index (χ0) is 20.8. The maximum Gasteiger partial charge on any atom is 0.225 e. The Hall–Kier alpha value is -2.45. The number of nitrogens with one attached hydrogen (secondary N) is 1. The molecule has 1 fully saturated rings. The van der Waals surface area contributed by atoms with Crippen molar-refractivity contribution in [2.24, 2.45) is 5.92 Å². The SMILES string of the molecule is O=C(NCc1ccncc1)[C@@H]1CCCN(c2ccc(Sc3ccc(Br)cc3)nn2)C1. The van der Waals surface area contributed by atoms with Gasteiger partial charge >= 0.3 is 0 Å². The maximum atomic E-state index is 12.6. The fourth-order valence-corrected chi connectivity index (χ4v) is 4.39. The number of hydrogen-bond donors (Lipinski definition) is 1. The van der Waals surface area contributed by atoms with Crippen molar-refractivity contribution in [1.29, 1.82) is 0 Å². The van der Waals surface area contributed by atoms with E-state index in [4.69, 9.17) is 0 Å². The summed E-state index contributed by atoms with van der Waals surface area (Å²) in [6, 6.07) is 15.9. The largest absolute Gasteiger partial charge is 0.354 e. The van der Waals surface area contributed by atoms with E-state index in [1.165, 1.54) is 0 Å². The van der Waals surface area contributed by atoms with E-state index in [0.29, 0.717) is 13.1 Å². The first kappa shape index (κ1) is 20.8. The number of aromatic nitrogens is 3. The average molecular weight is 484 g/mol. The molecular weight excluding hydrogens is 462 g/mol. The van der Waals surface area contributed by atoms with Gasteiger partial charge in [0.25, 0.3) is 0 Å². The fraction of sp³-hybridized carbons (Fsp3) is 0.273. The van der Waals surface area contributed by atoms with Gasteiger partial charge < -0.3 is 10.2 Å². The Kier molecular flexibility index (Phi) is 6.96. The Morgan fingerprint density at radius 2 is 1.90 bits per heavy atom. The number of amides is 1. The number of carbonyl (C=O) groups excluding carboxylic acids is 1. The maximum absolute atomic E-state index is 12.6. The van der Waals surface area contributed by atoms with Crippen molar-refractivity contribution < 1.29 is 4.79 Å². The van der Waals surface area contributed by atoms with E-state index in [-0.39, 0.29) is 11.8 Å². The van der Waals surface area contributed by atoms with Gasteiger partial charge in [-0.1, -0.05) is 27.7 Å². The van der Waals surface area contributed by atoms with Crippen LogP contribution < -0.4 is 10.2 Å². The third-order valence-corrected chi connectivity index (χ3v) is 6.46. The second-order valence-corrected chi connectivity index (χ2v) is 9.15. The molecule has 0 spiro atoms. The summed E-state index contributed by atoms with van der Waals surface area (Å²) >= 11 is 5.03. The second kappa shape index (κ2) is 10.0. The lowest BCUT2D eigenvalue weighted by molar-refractivity contribution is -0.125. The Morgan fingerprint density at radius 1 is 1.10 bits per heavy atom. The van der Waals surface area contributed by atoms with Crippen LogP contribution in [0.1, 0.15) is 18.4 Å². The standard InChI is InChI=1S/C22H22BrN5OS/c23-18-3-5-19(6-4-18)30-21-8-7-20(26-27-21)28-13-1-2-17(15-28)22(29)25-14-16-9-11-24-12-10-16/h3-12,17H,1-2,13-15H2,(H,25,29)/t17-/m1/s1. The number of halogens is 1. The number of hydrogen-bond acceptors (Lipinski definition) is 6. The van der Waals surface area contributed by atoms with E-state index < -0.39 is 0 Å². The third-order valence-electron chi connectivity index (χ3n) is 4.99. The second-order valence-electron chi connectivity index (χ2n) is 7.14. The molecule has 1 aromatic carbocycles. The smallest absolute Gasteiger partial charge is 0.225 e. The van der Waals surface area contributed by atoms with Crippen LogP contribution in [0, 0.1) is 5.92 Å². The van der Waals surface area contributed by atoms with Crippen LogP contribution in [-0.4, -0.2) is 34.2 Å². The molecule has 6 nitrogen and oxygen atoms in total. The molecule has 1 atom stereocenters. The van der Waals surface area contributed by atoms with E-state index in [1.807, 2.05) is 48.5 Å². The van der Waals surface area contributed by atoms with Gasteiger partial charge in [-0.2, -0.15) is 0 Å². The predicted octanol–water partition coefficient (Wildman–Crippen LogP) is 4.32. The minimum Gasteiger partial charge on any atom is -0.354 e. The van der Waals surface area contributed by atoms with Crippen molar-refractivity contribution in [2.45, 2.75) is 29.3 Å². The molecule has 3 aromatic rings. The summed E-state index contributed by atoms with van der Waals surface area (Å²) in [5.74, 6) is 0.868. The Balaban J connectivity index is 1.33. The Morgan fingerprint density at radius 3 is 2.63 bits per heavy atom. The van der Waals surface area contributed by atoms with Crippen molar-refractivity contribution in [1.82, 2.24) is 20.5 Å². The Labute approximate surface area is 188 Å². The van der Waals surface area contributed by atoms with Crippen LogP contribution in [0.4, 0.5) is 5.82 Å². The molecule has 0 radical (unpaired) electrons. The molecule has 0 aliphatic carbocycles. The molecule has 1 saturated heterocycles. The van der Waals surface area contributed by atoms with E-state index in [1.54, 1.807) is 24.2 Å². The van der Waals surface area contributed by atoms with Crippen LogP contribution in [0.15, 0.2) is 75.3 Å². The van der Waals surface area contributed by atoms with Crippen molar-refractivity contribution in [3.05, 3.63) is 71.0 Å². The highest BCUT2D eigenvalue weighted by atomic mass is 79.9. The molecule has 4 rings (SSSR count). The summed E-state index contributed by atoms with van der Waals surface area (Å²) in [6.45, 7) is 2.08. The van der Waals surface area contributed by atoms with Crippen LogP contribution in [-0.2, 0) is 11.3 Å². The van der Waals surface area contributed by atoms with E-state index >= 15 is 0 Å². The van der Waals surface area contributed by atoms with E-state index in [9.17, 15) is 4.79 Å². The summed E-state index contributed by atoms with van der Waals surface area (Å²) < 4.78 is 1.05. The fourth-order valence-electron chi connectivity index (χ4n) is 3.39. The molecule has 1 aliphatic rings. The molecule has 1 aliphatic heterocycles. The summed E-state index contributed by atoms with van der Waals surface area (Å²) in [5, 5.41) is 12.7. The van der Waals surface area contributed by atoms with Crippen LogP contribution in [0.5, 0.6) is 0 Å². The van der Waals surface area contributed by atoms with E-state index in [0.717, 1.165) is 45.2 Å². The molecule has 1 N–H and O–H groups in total. The van der Waals surface area contributed by atoms with Gasteiger partial charge in [-0.3, -0.25) is 9.78 Å². The van der Waals surface area contributed by atoms with Gasteiger partial charge in [0.2, 0.25) is 5.91 Å². The lowest BCUT2D eigenvalue weighted by Crippen LogP contribution is -2.43. The number of benzene rings is 1. The van der Waals surface area contributed by atoms with Crippen molar-refractivity contribution in [3.8, 4) is 0 Å². The highest BCUT2D eigenvalue weighted by molar-refractivity contribution is 9.10. The van der Waals surface area contributed by atoms with Gasteiger partial charge in [-0.15, -0.1) is 10.2 Å². The zero-order valence-electron chi connectivity index (χ0n) is 16.4. The molecule has 0 saturated carbocycles. The minimum atomic E-state index is -0.0424. The van der Waals surface area contributed by atoms with Crippen molar-refractivity contribution >= 4 is 39.4 Å². The van der Waals surface area contributed by atoms with Crippen LogP contribution in [0.3, 0.4) is 0 Å².